The number of ether oxygens (including phenoxy) is 1. The lowest BCUT2D eigenvalue weighted by Crippen LogP contribution is -2.42. The molecule has 4 aromatic rings. The second kappa shape index (κ2) is 9.38. The van der Waals surface area contributed by atoms with Gasteiger partial charge < -0.3 is 20.7 Å². The Hall–Kier alpha value is -3.46. The van der Waals surface area contributed by atoms with Gasteiger partial charge in [-0.05, 0) is 36.9 Å². The number of anilines is 2. The Bertz CT molecular complexity index is 1630. The predicted octanol–water partition coefficient (Wildman–Crippen LogP) is 4.88. The normalized spacial score (nSPS) is 19.1. The van der Waals surface area contributed by atoms with Crippen molar-refractivity contribution in [1.82, 2.24) is 20.3 Å². The molecule has 6 rings (SSSR count). The van der Waals surface area contributed by atoms with Crippen LogP contribution < -0.4 is 16.0 Å². The Morgan fingerprint density at radius 1 is 1.26 bits per heavy atom. The molecule has 1 fully saturated rings. The average Bonchev–Trinajstić information content (AvgIpc) is 3.61. The van der Waals surface area contributed by atoms with Gasteiger partial charge in [0.2, 0.25) is 5.95 Å². The monoisotopic (exact) mass is 535 g/mol. The minimum absolute atomic E-state index is 0.0911. The second-order valence-corrected chi connectivity index (χ2v) is 11.4. The minimum atomic E-state index is -0.607. The Balaban J connectivity index is 1.52. The molecule has 0 aliphatic carbocycles. The molecule has 11 heteroatoms. The van der Waals surface area contributed by atoms with Crippen LogP contribution >= 0.6 is 11.3 Å². The summed E-state index contributed by atoms with van der Waals surface area (Å²) >= 11 is 0.955. The van der Waals surface area contributed by atoms with Gasteiger partial charge in [0.1, 0.15) is 16.6 Å². The summed E-state index contributed by atoms with van der Waals surface area (Å²) in [5.74, 6) is -0.207. The number of nitrogen functional groups attached to an aromatic ring is 1. The minimum Gasteiger partial charge on any atom is -0.389 e. The van der Waals surface area contributed by atoms with E-state index in [1.807, 2.05) is 6.07 Å². The summed E-state index contributed by atoms with van der Waals surface area (Å²) in [6.07, 6.45) is 3.65. The third-order valence-corrected chi connectivity index (χ3v) is 8.56. The van der Waals surface area contributed by atoms with Crippen LogP contribution in [-0.2, 0) is 18.0 Å². The molecule has 2 aliphatic heterocycles. The molecule has 0 spiro atoms. The van der Waals surface area contributed by atoms with E-state index in [2.05, 4.69) is 41.0 Å². The molecule has 2 aliphatic rings. The molecular weight excluding hydrogens is 508 g/mol. The van der Waals surface area contributed by atoms with E-state index in [9.17, 15) is 9.65 Å². The topological polar surface area (TPSA) is 113 Å². The zero-order valence-electron chi connectivity index (χ0n) is 21.3. The maximum Gasteiger partial charge on any atom is 0.226 e. The Kier molecular flexibility index (Phi) is 6.13. The summed E-state index contributed by atoms with van der Waals surface area (Å²) in [7, 11) is 0. The van der Waals surface area contributed by atoms with Gasteiger partial charge in [0.15, 0.2) is 11.6 Å². The number of nitriles is 1. The van der Waals surface area contributed by atoms with E-state index >= 15 is 4.39 Å². The zero-order valence-corrected chi connectivity index (χ0v) is 22.1. The van der Waals surface area contributed by atoms with Crippen molar-refractivity contribution in [1.29, 1.82) is 5.26 Å². The molecule has 0 amide bonds. The van der Waals surface area contributed by atoms with Gasteiger partial charge in [-0.3, -0.25) is 4.98 Å². The first kappa shape index (κ1) is 24.9. The van der Waals surface area contributed by atoms with Crippen molar-refractivity contribution in [3.63, 3.8) is 0 Å². The molecule has 0 unspecified atom stereocenters. The summed E-state index contributed by atoms with van der Waals surface area (Å²) in [6.45, 7) is 8.58. The predicted molar refractivity (Wildman–Crippen MR) is 144 cm³/mol. The Labute approximate surface area is 222 Å². The van der Waals surface area contributed by atoms with Crippen LogP contribution in [0.1, 0.15) is 43.9 Å². The lowest BCUT2D eigenvalue weighted by Gasteiger charge is -2.26. The molecule has 0 bridgehead atoms. The number of nitrogens with one attached hydrogen (secondary N) is 1. The van der Waals surface area contributed by atoms with Crippen LogP contribution in [-0.4, -0.2) is 40.1 Å². The fraction of sp³-hybridized carbons (Fsp3) is 0.407. The number of fused-ring (bicyclic) bond motifs is 4. The highest BCUT2D eigenvalue weighted by Gasteiger charge is 2.34. The van der Waals surface area contributed by atoms with E-state index in [0.717, 1.165) is 42.6 Å². The fourth-order valence-electron chi connectivity index (χ4n) is 5.56. The smallest absolute Gasteiger partial charge is 0.226 e. The summed E-state index contributed by atoms with van der Waals surface area (Å²) in [5.41, 5.74) is 7.98. The van der Waals surface area contributed by atoms with Crippen LogP contribution in [0.2, 0.25) is 0 Å². The van der Waals surface area contributed by atoms with Gasteiger partial charge in [-0.15, -0.1) is 11.3 Å². The maximum absolute atomic E-state index is 16.5. The molecule has 8 nitrogen and oxygen atoms in total. The van der Waals surface area contributed by atoms with E-state index in [1.165, 1.54) is 0 Å². The van der Waals surface area contributed by atoms with Gasteiger partial charge in [0, 0.05) is 41.2 Å². The fourth-order valence-corrected chi connectivity index (χ4v) is 6.48. The van der Waals surface area contributed by atoms with E-state index < -0.39 is 11.6 Å². The van der Waals surface area contributed by atoms with Gasteiger partial charge in [0.05, 0.1) is 35.4 Å². The third-order valence-electron chi connectivity index (χ3n) is 7.53. The van der Waals surface area contributed by atoms with Gasteiger partial charge in [-0.25, -0.2) is 18.7 Å². The van der Waals surface area contributed by atoms with Crippen LogP contribution in [0.15, 0.2) is 12.4 Å². The Morgan fingerprint density at radius 2 is 2.05 bits per heavy atom. The number of pyridine rings is 1. The highest BCUT2D eigenvalue weighted by Crippen LogP contribution is 2.45. The molecule has 1 aromatic carbocycles. The van der Waals surface area contributed by atoms with Crippen LogP contribution in [0.5, 0.6) is 0 Å². The van der Waals surface area contributed by atoms with E-state index in [4.69, 9.17) is 15.5 Å². The molecule has 5 heterocycles. The van der Waals surface area contributed by atoms with E-state index in [0.29, 0.717) is 22.8 Å². The third kappa shape index (κ3) is 3.78. The average molecular weight is 536 g/mol. The SMILES string of the molecule is CC(C)CN[C@H]1CCN(c2ncc3c4c(c(-c5ncc(F)c6sc(N)c(C#N)c56)c(F)c3n2)COC4)[C@H]1C. The lowest BCUT2D eigenvalue weighted by atomic mass is 9.94. The number of thiophene rings is 1. The van der Waals surface area contributed by atoms with Crippen molar-refractivity contribution in [2.45, 2.75) is 52.5 Å². The number of aromatic nitrogens is 3. The van der Waals surface area contributed by atoms with Gasteiger partial charge in [-0.1, -0.05) is 13.8 Å². The molecule has 0 radical (unpaired) electrons. The number of halogens is 2. The van der Waals surface area contributed by atoms with Crippen molar-refractivity contribution >= 4 is 43.3 Å². The molecule has 3 N–H and O–H groups in total. The molecule has 38 heavy (non-hydrogen) atoms. The number of nitrogens with zero attached hydrogens (tertiary/aromatic N) is 5. The van der Waals surface area contributed by atoms with Crippen LogP contribution in [0.25, 0.3) is 32.2 Å². The summed E-state index contributed by atoms with van der Waals surface area (Å²) in [4.78, 5) is 15.7. The highest BCUT2D eigenvalue weighted by atomic mass is 32.1. The summed E-state index contributed by atoms with van der Waals surface area (Å²) < 4.78 is 37.1. The van der Waals surface area contributed by atoms with Crippen molar-refractivity contribution in [3.8, 4) is 17.3 Å². The van der Waals surface area contributed by atoms with Crippen molar-refractivity contribution in [3.05, 3.63) is 40.7 Å². The van der Waals surface area contributed by atoms with E-state index in [-0.39, 0.29) is 62.7 Å². The second-order valence-electron chi connectivity index (χ2n) is 10.3. The summed E-state index contributed by atoms with van der Waals surface area (Å²) in [6, 6.07) is 2.46. The standard InChI is InChI=1S/C27H27F2N7OS/c1-12(2)7-32-19-4-5-36(13(19)3)27-34-8-15-16-10-37-11-17(16)20(22(29)23(15)35-27)24-21-14(6-30)26(31)38-25(21)18(28)9-33-24/h8-9,12-13,19,32H,4-5,7,10-11,31H2,1-3H3/t13-,19-/m0/s1. The van der Waals surface area contributed by atoms with Gasteiger partial charge >= 0.3 is 0 Å². The van der Waals surface area contributed by atoms with Crippen LogP contribution in [0.3, 0.4) is 0 Å². The van der Waals surface area contributed by atoms with Crippen molar-refractivity contribution in [2.24, 2.45) is 5.92 Å². The molecule has 1 saturated heterocycles. The first-order valence-electron chi connectivity index (χ1n) is 12.6. The highest BCUT2D eigenvalue weighted by molar-refractivity contribution is 7.23. The first-order valence-corrected chi connectivity index (χ1v) is 13.5. The van der Waals surface area contributed by atoms with Crippen LogP contribution in [0, 0.1) is 28.9 Å². The van der Waals surface area contributed by atoms with E-state index in [1.54, 1.807) is 6.20 Å². The maximum atomic E-state index is 16.5. The number of hydrogen-bond donors (Lipinski definition) is 2. The number of nitrogens with two attached hydrogens (primary N) is 1. The zero-order chi connectivity index (χ0) is 26.7. The Morgan fingerprint density at radius 3 is 2.82 bits per heavy atom. The van der Waals surface area contributed by atoms with Crippen molar-refractivity contribution < 1.29 is 13.5 Å². The van der Waals surface area contributed by atoms with Gasteiger partial charge in [0.25, 0.3) is 0 Å². The lowest BCUT2D eigenvalue weighted by molar-refractivity contribution is 0.135. The number of hydrogen-bond acceptors (Lipinski definition) is 9. The molecule has 0 saturated carbocycles. The first-order chi connectivity index (χ1) is 18.3. The summed E-state index contributed by atoms with van der Waals surface area (Å²) in [5, 5.41) is 14.3. The molecule has 3 aromatic heterocycles. The largest absolute Gasteiger partial charge is 0.389 e. The van der Waals surface area contributed by atoms with Crippen LogP contribution in [0.4, 0.5) is 19.7 Å². The van der Waals surface area contributed by atoms with Gasteiger partial charge in [-0.2, -0.15) is 5.26 Å². The quantitative estimate of drug-likeness (QED) is 0.372. The molecule has 2 atom stereocenters. The number of benzene rings is 1. The molecular formula is C27H27F2N7OS. The molecule has 196 valence electrons. The van der Waals surface area contributed by atoms with Crippen molar-refractivity contribution in [2.75, 3.05) is 23.7 Å². The number of rotatable bonds is 5.